The number of nitrogens with two attached hydrogens (primary N) is 1. The van der Waals surface area contributed by atoms with Crippen LogP contribution >= 0.6 is 0 Å². The molecule has 2 rings (SSSR count). The van der Waals surface area contributed by atoms with Crippen molar-refractivity contribution in [1.29, 1.82) is 0 Å². The van der Waals surface area contributed by atoms with E-state index in [1.54, 1.807) is 12.1 Å². The Morgan fingerprint density at radius 1 is 1.25 bits per heavy atom. The number of hydrogen-bond acceptors (Lipinski definition) is 4. The van der Waals surface area contributed by atoms with Crippen molar-refractivity contribution in [3.8, 4) is 0 Å². The average molecular weight is 296 g/mol. The van der Waals surface area contributed by atoms with Gasteiger partial charge in [0.15, 0.2) is 5.78 Å². The standard InChI is InChI=1S/C14H20N2O3S/c1-10(17)11-3-2-4-14(9-11)20(18,19)16-13-7-5-12(15)6-8-13/h2-4,9,12-13,16H,5-8,15H2,1H3. The molecule has 0 atom stereocenters. The lowest BCUT2D eigenvalue weighted by Crippen LogP contribution is -2.40. The van der Waals surface area contributed by atoms with Crippen LogP contribution in [0.1, 0.15) is 43.0 Å². The third kappa shape index (κ3) is 3.65. The van der Waals surface area contributed by atoms with E-state index < -0.39 is 10.0 Å². The van der Waals surface area contributed by atoms with Crippen molar-refractivity contribution in [1.82, 2.24) is 4.72 Å². The van der Waals surface area contributed by atoms with Gasteiger partial charge in [0.25, 0.3) is 0 Å². The first kappa shape index (κ1) is 15.2. The molecule has 1 aliphatic carbocycles. The Morgan fingerprint density at radius 2 is 1.90 bits per heavy atom. The highest BCUT2D eigenvalue weighted by atomic mass is 32.2. The molecule has 0 radical (unpaired) electrons. The predicted octanol–water partition coefficient (Wildman–Crippen LogP) is 1.44. The lowest BCUT2D eigenvalue weighted by atomic mass is 9.93. The summed E-state index contributed by atoms with van der Waals surface area (Å²) in [7, 11) is -3.58. The summed E-state index contributed by atoms with van der Waals surface area (Å²) < 4.78 is 27.3. The monoisotopic (exact) mass is 296 g/mol. The molecular weight excluding hydrogens is 276 g/mol. The molecule has 0 heterocycles. The van der Waals surface area contributed by atoms with E-state index in [2.05, 4.69) is 4.72 Å². The number of carbonyl (C=O) groups excluding carboxylic acids is 1. The van der Waals surface area contributed by atoms with Gasteiger partial charge >= 0.3 is 0 Å². The molecule has 20 heavy (non-hydrogen) atoms. The van der Waals surface area contributed by atoms with Gasteiger partial charge in [-0.2, -0.15) is 0 Å². The van der Waals surface area contributed by atoms with Gasteiger partial charge in [-0.25, -0.2) is 13.1 Å². The summed E-state index contributed by atoms with van der Waals surface area (Å²) in [6.45, 7) is 1.42. The Morgan fingerprint density at radius 3 is 2.50 bits per heavy atom. The second-order valence-corrected chi connectivity index (χ2v) is 7.03. The van der Waals surface area contributed by atoms with Crippen molar-refractivity contribution in [3.63, 3.8) is 0 Å². The van der Waals surface area contributed by atoms with Crippen LogP contribution in [0.25, 0.3) is 0 Å². The Hall–Kier alpha value is -1.24. The smallest absolute Gasteiger partial charge is 0.240 e. The molecule has 110 valence electrons. The maximum Gasteiger partial charge on any atom is 0.240 e. The van der Waals surface area contributed by atoms with Crippen LogP contribution in [0.2, 0.25) is 0 Å². The molecule has 1 fully saturated rings. The van der Waals surface area contributed by atoms with Crippen LogP contribution in [0.5, 0.6) is 0 Å². The van der Waals surface area contributed by atoms with Gasteiger partial charge in [-0.1, -0.05) is 12.1 Å². The molecule has 6 heteroatoms. The fraction of sp³-hybridized carbons (Fsp3) is 0.500. The first-order valence-electron chi connectivity index (χ1n) is 6.77. The number of carbonyl (C=O) groups is 1. The molecule has 1 aromatic carbocycles. The zero-order valence-corrected chi connectivity index (χ0v) is 12.3. The normalized spacial score (nSPS) is 23.5. The van der Waals surface area contributed by atoms with Crippen LogP contribution in [0.4, 0.5) is 0 Å². The number of ketones is 1. The highest BCUT2D eigenvalue weighted by Crippen LogP contribution is 2.20. The first-order chi connectivity index (χ1) is 9.38. The largest absolute Gasteiger partial charge is 0.328 e. The Bertz CT molecular complexity index is 590. The summed E-state index contributed by atoms with van der Waals surface area (Å²) in [5, 5.41) is 0. The maximum atomic E-state index is 12.3. The van der Waals surface area contributed by atoms with E-state index in [0.29, 0.717) is 5.56 Å². The van der Waals surface area contributed by atoms with E-state index in [4.69, 9.17) is 5.73 Å². The van der Waals surface area contributed by atoms with Crippen molar-refractivity contribution in [2.75, 3.05) is 0 Å². The van der Waals surface area contributed by atoms with Gasteiger partial charge in [-0.3, -0.25) is 4.79 Å². The zero-order chi connectivity index (χ0) is 14.8. The maximum absolute atomic E-state index is 12.3. The van der Waals surface area contributed by atoms with E-state index in [1.807, 2.05) is 0 Å². The van der Waals surface area contributed by atoms with Crippen molar-refractivity contribution in [2.24, 2.45) is 5.73 Å². The van der Waals surface area contributed by atoms with Crippen LogP contribution < -0.4 is 10.5 Å². The minimum atomic E-state index is -3.58. The van der Waals surface area contributed by atoms with E-state index in [-0.39, 0.29) is 22.8 Å². The SMILES string of the molecule is CC(=O)c1cccc(S(=O)(=O)NC2CCC(N)CC2)c1. The van der Waals surface area contributed by atoms with E-state index in [0.717, 1.165) is 25.7 Å². The number of hydrogen-bond donors (Lipinski definition) is 2. The highest BCUT2D eigenvalue weighted by molar-refractivity contribution is 7.89. The molecule has 5 nitrogen and oxygen atoms in total. The summed E-state index contributed by atoms with van der Waals surface area (Å²) in [5.41, 5.74) is 6.21. The van der Waals surface area contributed by atoms with Crippen LogP contribution in [0.3, 0.4) is 0 Å². The Labute approximate surface area is 119 Å². The summed E-state index contributed by atoms with van der Waals surface area (Å²) in [5.74, 6) is -0.148. The van der Waals surface area contributed by atoms with Crippen molar-refractivity contribution < 1.29 is 13.2 Å². The van der Waals surface area contributed by atoms with Gasteiger partial charge in [-0.15, -0.1) is 0 Å². The quantitative estimate of drug-likeness (QED) is 0.823. The second-order valence-electron chi connectivity index (χ2n) is 5.32. The third-order valence-electron chi connectivity index (χ3n) is 3.64. The molecule has 0 spiro atoms. The number of benzene rings is 1. The molecule has 0 bridgehead atoms. The molecular formula is C14H20N2O3S. The number of Topliss-reactive ketones (excluding diaryl/α,β-unsaturated/α-hetero) is 1. The zero-order valence-electron chi connectivity index (χ0n) is 11.5. The topological polar surface area (TPSA) is 89.3 Å². The summed E-state index contributed by atoms with van der Waals surface area (Å²) in [4.78, 5) is 11.5. The molecule has 0 aromatic heterocycles. The molecule has 1 aliphatic rings. The Kier molecular flexibility index (Phi) is 4.57. The highest BCUT2D eigenvalue weighted by Gasteiger charge is 2.24. The molecule has 1 aromatic rings. The van der Waals surface area contributed by atoms with Gasteiger partial charge in [0.1, 0.15) is 0 Å². The summed E-state index contributed by atoms with van der Waals surface area (Å²) in [6, 6.07) is 6.23. The third-order valence-corrected chi connectivity index (χ3v) is 5.16. The number of rotatable bonds is 4. The molecule has 0 amide bonds. The predicted molar refractivity (Wildman–Crippen MR) is 77.0 cm³/mol. The van der Waals surface area contributed by atoms with Crippen LogP contribution in [0, 0.1) is 0 Å². The number of sulfonamides is 1. The van der Waals surface area contributed by atoms with Crippen molar-refractivity contribution in [2.45, 2.75) is 49.6 Å². The minimum Gasteiger partial charge on any atom is -0.328 e. The van der Waals surface area contributed by atoms with Crippen molar-refractivity contribution in [3.05, 3.63) is 29.8 Å². The molecule has 3 N–H and O–H groups in total. The molecule has 0 aliphatic heterocycles. The molecule has 0 unspecified atom stereocenters. The average Bonchev–Trinajstić information content (AvgIpc) is 2.41. The van der Waals surface area contributed by atoms with Crippen LogP contribution in [0.15, 0.2) is 29.2 Å². The number of nitrogens with one attached hydrogen (secondary N) is 1. The lowest BCUT2D eigenvalue weighted by Gasteiger charge is -2.26. The molecule has 0 saturated heterocycles. The van der Waals surface area contributed by atoms with Gasteiger partial charge in [0.2, 0.25) is 10.0 Å². The Balaban J connectivity index is 2.14. The van der Waals surface area contributed by atoms with Gasteiger partial charge < -0.3 is 5.73 Å². The van der Waals surface area contributed by atoms with E-state index in [1.165, 1.54) is 19.1 Å². The fourth-order valence-electron chi connectivity index (χ4n) is 2.41. The van der Waals surface area contributed by atoms with Gasteiger partial charge in [0.05, 0.1) is 4.90 Å². The first-order valence-corrected chi connectivity index (χ1v) is 8.26. The van der Waals surface area contributed by atoms with Crippen LogP contribution in [-0.4, -0.2) is 26.3 Å². The van der Waals surface area contributed by atoms with Gasteiger partial charge in [0, 0.05) is 17.6 Å². The fourth-order valence-corrected chi connectivity index (χ4v) is 3.76. The van der Waals surface area contributed by atoms with Gasteiger partial charge in [-0.05, 0) is 44.7 Å². The second kappa shape index (κ2) is 6.03. The van der Waals surface area contributed by atoms with E-state index in [9.17, 15) is 13.2 Å². The van der Waals surface area contributed by atoms with Crippen LogP contribution in [-0.2, 0) is 10.0 Å². The van der Waals surface area contributed by atoms with E-state index >= 15 is 0 Å². The molecule has 1 saturated carbocycles. The van der Waals surface area contributed by atoms with Crippen molar-refractivity contribution >= 4 is 15.8 Å². The summed E-state index contributed by atoms with van der Waals surface area (Å²) in [6.07, 6.45) is 3.18. The summed E-state index contributed by atoms with van der Waals surface area (Å²) >= 11 is 0. The minimum absolute atomic E-state index is 0.0687. The lowest BCUT2D eigenvalue weighted by molar-refractivity contribution is 0.101.